The van der Waals surface area contributed by atoms with Gasteiger partial charge in [-0.2, -0.15) is 0 Å². The molecule has 1 rings (SSSR count). The first-order valence-electron chi connectivity index (χ1n) is 3.79. The number of alkyl halides is 2. The molecule has 0 unspecified atom stereocenters. The molecule has 0 aliphatic carbocycles. The van der Waals surface area contributed by atoms with E-state index in [9.17, 15) is 13.6 Å². The molecule has 0 saturated carbocycles. The van der Waals surface area contributed by atoms with Crippen LogP contribution in [0.25, 0.3) is 0 Å². The second-order valence-corrected chi connectivity index (χ2v) is 3.62. The number of methoxy groups -OCH3 is 1. The van der Waals surface area contributed by atoms with Crippen LogP contribution in [0.1, 0.15) is 22.5 Å². The van der Waals surface area contributed by atoms with E-state index in [1.807, 2.05) is 0 Å². The van der Waals surface area contributed by atoms with Crippen molar-refractivity contribution in [1.82, 2.24) is 4.98 Å². The lowest BCUT2D eigenvalue weighted by Crippen LogP contribution is -2.09. The summed E-state index contributed by atoms with van der Waals surface area (Å²) >= 11 is 1.67. The van der Waals surface area contributed by atoms with E-state index in [4.69, 9.17) is 5.73 Å². The monoisotopic (exact) mass is 328 g/mol. The van der Waals surface area contributed by atoms with E-state index < -0.39 is 18.1 Å². The number of ether oxygens (including phenoxy) is 1. The summed E-state index contributed by atoms with van der Waals surface area (Å²) in [5.41, 5.74) is 4.68. The number of carbonyl (C=O) groups excluding carboxylic acids is 1. The standard InChI is InChI=1S/C8H7F2IN2O2/c1-15-8(14)3-2-4(12)5(6(9)10)13-7(3)11/h2,6H,12H2,1H3. The van der Waals surface area contributed by atoms with Crippen LogP contribution in [-0.2, 0) is 4.74 Å². The van der Waals surface area contributed by atoms with E-state index in [-0.39, 0.29) is 15.0 Å². The maximum absolute atomic E-state index is 12.4. The molecule has 1 aromatic heterocycles. The van der Waals surface area contributed by atoms with Crippen molar-refractivity contribution in [2.75, 3.05) is 12.8 Å². The molecule has 4 nitrogen and oxygen atoms in total. The van der Waals surface area contributed by atoms with Gasteiger partial charge in [0.2, 0.25) is 0 Å². The van der Waals surface area contributed by atoms with Crippen molar-refractivity contribution in [3.05, 3.63) is 21.0 Å². The normalized spacial score (nSPS) is 10.5. The minimum atomic E-state index is -2.76. The van der Waals surface area contributed by atoms with Crippen LogP contribution in [0.4, 0.5) is 14.5 Å². The number of pyridine rings is 1. The fourth-order valence-electron chi connectivity index (χ4n) is 0.947. The van der Waals surface area contributed by atoms with Gasteiger partial charge in [0, 0.05) is 0 Å². The molecule has 0 aliphatic rings. The van der Waals surface area contributed by atoms with Crippen molar-refractivity contribution in [1.29, 1.82) is 0 Å². The summed E-state index contributed by atoms with van der Waals surface area (Å²) < 4.78 is 29.3. The predicted molar refractivity (Wildman–Crippen MR) is 57.7 cm³/mol. The van der Waals surface area contributed by atoms with Gasteiger partial charge in [0.15, 0.2) is 0 Å². The average Bonchev–Trinajstić information content (AvgIpc) is 2.19. The summed E-state index contributed by atoms with van der Waals surface area (Å²) in [5.74, 6) is -0.653. The molecule has 7 heteroatoms. The number of carbonyl (C=O) groups is 1. The Morgan fingerprint density at radius 2 is 2.27 bits per heavy atom. The third-order valence-corrected chi connectivity index (χ3v) is 2.47. The lowest BCUT2D eigenvalue weighted by atomic mass is 10.2. The molecule has 0 aromatic carbocycles. The molecule has 1 aromatic rings. The van der Waals surface area contributed by atoms with Crippen LogP contribution in [0.2, 0.25) is 0 Å². The zero-order valence-corrected chi connectivity index (χ0v) is 9.79. The lowest BCUT2D eigenvalue weighted by Gasteiger charge is -2.07. The Hall–Kier alpha value is -0.990. The van der Waals surface area contributed by atoms with Gasteiger partial charge in [-0.1, -0.05) is 0 Å². The first-order valence-corrected chi connectivity index (χ1v) is 4.87. The number of halogens is 3. The summed E-state index contributed by atoms with van der Waals surface area (Å²) in [5, 5.41) is 0. The molecule has 2 N–H and O–H groups in total. The smallest absolute Gasteiger partial charge is 0.340 e. The average molecular weight is 328 g/mol. The minimum absolute atomic E-state index is 0.0833. The second kappa shape index (κ2) is 4.69. The summed E-state index contributed by atoms with van der Waals surface area (Å²) in [6, 6.07) is 1.14. The van der Waals surface area contributed by atoms with Gasteiger partial charge >= 0.3 is 5.97 Å². The molecule has 0 atom stereocenters. The number of nitrogens with two attached hydrogens (primary N) is 1. The van der Waals surface area contributed by atoms with Crippen LogP contribution in [-0.4, -0.2) is 18.1 Å². The molecule has 82 valence electrons. The molecular weight excluding hydrogens is 321 g/mol. The maximum Gasteiger partial charge on any atom is 0.340 e. The Kier molecular flexibility index (Phi) is 3.77. The van der Waals surface area contributed by atoms with E-state index in [1.54, 1.807) is 22.6 Å². The molecular formula is C8H7F2IN2O2. The van der Waals surface area contributed by atoms with Crippen LogP contribution < -0.4 is 5.73 Å². The maximum atomic E-state index is 12.4. The Morgan fingerprint density at radius 1 is 1.67 bits per heavy atom. The number of hydrogen-bond acceptors (Lipinski definition) is 4. The lowest BCUT2D eigenvalue weighted by molar-refractivity contribution is 0.0598. The molecule has 0 fully saturated rings. The summed E-state index contributed by atoms with van der Waals surface area (Å²) in [6.07, 6.45) is -2.76. The molecule has 0 aliphatic heterocycles. The van der Waals surface area contributed by atoms with E-state index in [0.717, 1.165) is 6.07 Å². The highest BCUT2D eigenvalue weighted by atomic mass is 127. The van der Waals surface area contributed by atoms with E-state index in [1.165, 1.54) is 7.11 Å². The number of esters is 1. The van der Waals surface area contributed by atoms with Gasteiger partial charge in [0.1, 0.15) is 9.39 Å². The van der Waals surface area contributed by atoms with Gasteiger partial charge in [-0.25, -0.2) is 18.6 Å². The van der Waals surface area contributed by atoms with Crippen molar-refractivity contribution >= 4 is 34.2 Å². The topological polar surface area (TPSA) is 65.2 Å². The van der Waals surface area contributed by atoms with Crippen LogP contribution >= 0.6 is 22.6 Å². The van der Waals surface area contributed by atoms with Crippen molar-refractivity contribution in [2.24, 2.45) is 0 Å². The zero-order chi connectivity index (χ0) is 11.6. The summed E-state index contributed by atoms with van der Waals surface area (Å²) in [7, 11) is 1.19. The number of aromatic nitrogens is 1. The number of anilines is 1. The third-order valence-electron chi connectivity index (χ3n) is 1.65. The van der Waals surface area contributed by atoms with Crippen LogP contribution in [0.3, 0.4) is 0 Å². The molecule has 0 radical (unpaired) electrons. The second-order valence-electron chi connectivity index (χ2n) is 2.59. The molecule has 0 saturated heterocycles. The molecule has 0 spiro atoms. The number of rotatable bonds is 2. The molecule has 0 bridgehead atoms. The fraction of sp³-hybridized carbons (Fsp3) is 0.250. The highest BCUT2D eigenvalue weighted by molar-refractivity contribution is 14.1. The highest BCUT2D eigenvalue weighted by Gasteiger charge is 2.19. The van der Waals surface area contributed by atoms with Crippen molar-refractivity contribution < 1.29 is 18.3 Å². The summed E-state index contributed by atoms with van der Waals surface area (Å²) in [4.78, 5) is 14.7. The van der Waals surface area contributed by atoms with Crippen molar-refractivity contribution in [3.8, 4) is 0 Å². The Labute approximate surface area is 98.0 Å². The quantitative estimate of drug-likeness (QED) is 0.512. The Bertz CT molecular complexity index is 398. The van der Waals surface area contributed by atoms with Crippen LogP contribution in [0.15, 0.2) is 6.07 Å². The van der Waals surface area contributed by atoms with Crippen molar-refractivity contribution in [3.63, 3.8) is 0 Å². The first kappa shape index (κ1) is 12.1. The van der Waals surface area contributed by atoms with Gasteiger partial charge in [-0.15, -0.1) is 0 Å². The molecule has 15 heavy (non-hydrogen) atoms. The van der Waals surface area contributed by atoms with Gasteiger partial charge in [-0.3, -0.25) is 0 Å². The van der Waals surface area contributed by atoms with Crippen molar-refractivity contribution in [2.45, 2.75) is 6.43 Å². The van der Waals surface area contributed by atoms with Gasteiger partial charge < -0.3 is 10.5 Å². The highest BCUT2D eigenvalue weighted by Crippen LogP contribution is 2.26. The van der Waals surface area contributed by atoms with E-state index >= 15 is 0 Å². The Morgan fingerprint density at radius 3 is 2.73 bits per heavy atom. The Balaban J connectivity index is 3.25. The number of nitrogen functional groups attached to an aromatic ring is 1. The number of hydrogen-bond donors (Lipinski definition) is 1. The van der Waals surface area contributed by atoms with E-state index in [0.29, 0.717) is 0 Å². The molecule has 1 heterocycles. The molecule has 0 amide bonds. The first-order chi connectivity index (χ1) is 6.97. The largest absolute Gasteiger partial charge is 0.465 e. The predicted octanol–water partition coefficient (Wildman–Crippen LogP) is 1.99. The SMILES string of the molecule is COC(=O)c1cc(N)c(C(F)F)nc1I. The van der Waals surface area contributed by atoms with Gasteiger partial charge in [-0.05, 0) is 28.7 Å². The fourth-order valence-corrected chi connectivity index (χ4v) is 1.58. The zero-order valence-electron chi connectivity index (χ0n) is 7.63. The van der Waals surface area contributed by atoms with Crippen LogP contribution in [0.5, 0.6) is 0 Å². The summed E-state index contributed by atoms with van der Waals surface area (Å²) in [6.45, 7) is 0. The minimum Gasteiger partial charge on any atom is -0.465 e. The van der Waals surface area contributed by atoms with Gasteiger partial charge in [0.25, 0.3) is 6.43 Å². The third kappa shape index (κ3) is 2.52. The van der Waals surface area contributed by atoms with E-state index in [2.05, 4.69) is 9.72 Å². The van der Waals surface area contributed by atoms with Crippen LogP contribution in [0, 0.1) is 3.70 Å². The number of nitrogens with zero attached hydrogens (tertiary/aromatic N) is 1. The van der Waals surface area contributed by atoms with Gasteiger partial charge in [0.05, 0.1) is 18.4 Å².